The molecule has 3 aliphatic rings. The van der Waals surface area contributed by atoms with Gasteiger partial charge in [-0.1, -0.05) is 66.5 Å². The van der Waals surface area contributed by atoms with Crippen molar-refractivity contribution in [3.63, 3.8) is 0 Å². The molecular weight excluding hydrogens is 400 g/mol. The van der Waals surface area contributed by atoms with Crippen molar-refractivity contribution < 1.29 is 19.1 Å². The van der Waals surface area contributed by atoms with Crippen molar-refractivity contribution in [2.24, 2.45) is 35.5 Å². The Morgan fingerprint density at radius 3 is 1.41 bits per heavy atom. The summed E-state index contributed by atoms with van der Waals surface area (Å²) < 4.78 is 12.0. The first-order chi connectivity index (χ1) is 15.2. The van der Waals surface area contributed by atoms with Gasteiger partial charge in [-0.05, 0) is 74.0 Å². The summed E-state index contributed by atoms with van der Waals surface area (Å²) in [5.74, 6) is 2.68. The number of allylic oxidation sites excluding steroid dienone is 2. The SMILES string of the molecule is CC1CCC(C(C)C)C(OC(=O)C2=CCC(C(=O)OC3CC(C)CCC3C(C)C)=CC2)C1. The van der Waals surface area contributed by atoms with E-state index in [2.05, 4.69) is 41.5 Å². The molecule has 0 radical (unpaired) electrons. The fraction of sp³-hybridized carbons (Fsp3) is 0.786. The zero-order valence-corrected chi connectivity index (χ0v) is 21.1. The highest BCUT2D eigenvalue weighted by Gasteiger charge is 2.35. The van der Waals surface area contributed by atoms with Crippen molar-refractivity contribution in [2.75, 3.05) is 0 Å². The Morgan fingerprint density at radius 2 is 1.09 bits per heavy atom. The van der Waals surface area contributed by atoms with Gasteiger partial charge in [0, 0.05) is 11.1 Å². The number of rotatable bonds is 6. The maximum Gasteiger partial charge on any atom is 0.334 e. The van der Waals surface area contributed by atoms with Crippen LogP contribution < -0.4 is 0 Å². The lowest BCUT2D eigenvalue weighted by Gasteiger charge is -2.37. The van der Waals surface area contributed by atoms with Crippen LogP contribution in [0.3, 0.4) is 0 Å². The molecule has 0 N–H and O–H groups in total. The van der Waals surface area contributed by atoms with Crippen molar-refractivity contribution in [3.8, 4) is 0 Å². The molecule has 3 aliphatic carbocycles. The smallest absolute Gasteiger partial charge is 0.334 e. The molecule has 0 amide bonds. The van der Waals surface area contributed by atoms with Crippen LogP contribution in [0.4, 0.5) is 0 Å². The number of hydrogen-bond acceptors (Lipinski definition) is 4. The van der Waals surface area contributed by atoms with Crippen molar-refractivity contribution in [2.45, 2.75) is 105 Å². The van der Waals surface area contributed by atoms with Crippen LogP contribution in [0.1, 0.15) is 92.9 Å². The third kappa shape index (κ3) is 6.26. The second-order valence-electron chi connectivity index (χ2n) is 11.4. The van der Waals surface area contributed by atoms with Gasteiger partial charge in [0.2, 0.25) is 0 Å². The maximum atomic E-state index is 12.9. The lowest BCUT2D eigenvalue weighted by atomic mass is 9.75. The third-order valence-corrected chi connectivity index (χ3v) is 8.10. The monoisotopic (exact) mass is 444 g/mol. The predicted molar refractivity (Wildman–Crippen MR) is 128 cm³/mol. The lowest BCUT2D eigenvalue weighted by Crippen LogP contribution is -2.36. The minimum absolute atomic E-state index is 0.00347. The van der Waals surface area contributed by atoms with Crippen LogP contribution >= 0.6 is 0 Å². The summed E-state index contributed by atoms with van der Waals surface area (Å²) in [7, 11) is 0. The van der Waals surface area contributed by atoms with Crippen LogP contribution in [0.2, 0.25) is 0 Å². The molecule has 0 aromatic rings. The zero-order chi connectivity index (χ0) is 23.4. The molecule has 2 saturated carbocycles. The number of ether oxygens (including phenoxy) is 2. The molecule has 0 bridgehead atoms. The van der Waals surface area contributed by atoms with Gasteiger partial charge < -0.3 is 9.47 Å². The van der Waals surface area contributed by atoms with Gasteiger partial charge in [0.25, 0.3) is 0 Å². The second-order valence-corrected chi connectivity index (χ2v) is 11.4. The van der Waals surface area contributed by atoms with Gasteiger partial charge in [0.05, 0.1) is 0 Å². The quantitative estimate of drug-likeness (QED) is 0.431. The van der Waals surface area contributed by atoms with Crippen molar-refractivity contribution in [1.29, 1.82) is 0 Å². The standard InChI is InChI=1S/C28H44O4/c1-17(2)23-13-7-19(5)15-25(23)31-27(29)21-9-11-22(12-10-21)28(30)32-26-16-20(6)8-14-24(26)18(3)4/h9,12,17-20,23-26H,7-8,10-11,13-16H2,1-6H3. The summed E-state index contributed by atoms with van der Waals surface area (Å²) in [6, 6.07) is 0. The molecule has 0 aromatic carbocycles. The van der Waals surface area contributed by atoms with E-state index < -0.39 is 0 Å². The molecule has 6 atom stereocenters. The highest BCUT2D eigenvalue weighted by atomic mass is 16.5. The Hall–Kier alpha value is -1.58. The van der Waals surface area contributed by atoms with Crippen molar-refractivity contribution in [1.82, 2.24) is 0 Å². The third-order valence-electron chi connectivity index (χ3n) is 8.10. The summed E-state index contributed by atoms with van der Waals surface area (Å²) >= 11 is 0. The molecule has 32 heavy (non-hydrogen) atoms. The topological polar surface area (TPSA) is 52.6 Å². The van der Waals surface area contributed by atoms with E-state index in [1.807, 2.05) is 12.2 Å². The van der Waals surface area contributed by atoms with Crippen LogP contribution in [0.25, 0.3) is 0 Å². The van der Waals surface area contributed by atoms with Gasteiger partial charge in [0.1, 0.15) is 12.2 Å². The van der Waals surface area contributed by atoms with Gasteiger partial charge in [-0.3, -0.25) is 0 Å². The molecule has 4 nitrogen and oxygen atoms in total. The second kappa shape index (κ2) is 11.0. The molecule has 6 unspecified atom stereocenters. The fourth-order valence-corrected chi connectivity index (χ4v) is 5.89. The molecule has 2 fully saturated rings. The minimum Gasteiger partial charge on any atom is -0.459 e. The Balaban J connectivity index is 1.55. The summed E-state index contributed by atoms with van der Waals surface area (Å²) in [4.78, 5) is 25.7. The number of carbonyl (C=O) groups is 2. The highest BCUT2D eigenvalue weighted by Crippen LogP contribution is 2.37. The maximum absolute atomic E-state index is 12.9. The van der Waals surface area contributed by atoms with E-state index in [0.717, 1.165) is 25.7 Å². The number of esters is 2. The average molecular weight is 445 g/mol. The van der Waals surface area contributed by atoms with Crippen LogP contribution in [-0.4, -0.2) is 24.1 Å². The number of carbonyl (C=O) groups excluding carboxylic acids is 2. The molecule has 3 rings (SSSR count). The Morgan fingerprint density at radius 1 is 0.719 bits per heavy atom. The van der Waals surface area contributed by atoms with Crippen LogP contribution in [0.15, 0.2) is 23.3 Å². The first kappa shape index (κ1) is 25.1. The van der Waals surface area contributed by atoms with Gasteiger partial charge in [0.15, 0.2) is 0 Å². The molecule has 180 valence electrons. The van der Waals surface area contributed by atoms with E-state index in [9.17, 15) is 9.59 Å². The molecule has 0 heterocycles. The molecule has 0 aromatic heterocycles. The normalized spacial score (nSPS) is 33.5. The highest BCUT2D eigenvalue weighted by molar-refractivity contribution is 5.93. The first-order valence-electron chi connectivity index (χ1n) is 13.0. The summed E-state index contributed by atoms with van der Waals surface area (Å²) in [5.41, 5.74) is 1.35. The summed E-state index contributed by atoms with van der Waals surface area (Å²) in [6.07, 6.45) is 11.2. The Labute approximate surface area is 195 Å². The van der Waals surface area contributed by atoms with Gasteiger partial charge in [-0.25, -0.2) is 9.59 Å². The molecule has 4 heteroatoms. The zero-order valence-electron chi connectivity index (χ0n) is 21.1. The van der Waals surface area contributed by atoms with E-state index in [1.165, 1.54) is 12.8 Å². The van der Waals surface area contributed by atoms with E-state index >= 15 is 0 Å². The number of hydrogen-bond donors (Lipinski definition) is 0. The van der Waals surface area contributed by atoms with Gasteiger partial charge in [-0.15, -0.1) is 0 Å². The van der Waals surface area contributed by atoms with Gasteiger partial charge >= 0.3 is 11.9 Å². The predicted octanol–water partition coefficient (Wildman–Crippen LogP) is 6.64. The van der Waals surface area contributed by atoms with E-state index in [4.69, 9.17) is 9.47 Å². The summed E-state index contributed by atoms with van der Waals surface area (Å²) in [5, 5.41) is 0. The minimum atomic E-state index is -0.209. The first-order valence-corrected chi connectivity index (χ1v) is 13.0. The van der Waals surface area contributed by atoms with E-state index in [0.29, 0.717) is 59.5 Å². The van der Waals surface area contributed by atoms with E-state index in [1.54, 1.807) is 0 Å². The molecule has 0 aliphatic heterocycles. The van der Waals surface area contributed by atoms with Crippen molar-refractivity contribution >= 4 is 11.9 Å². The molecule has 0 spiro atoms. The van der Waals surface area contributed by atoms with Crippen LogP contribution in [0.5, 0.6) is 0 Å². The fourth-order valence-electron chi connectivity index (χ4n) is 5.89. The van der Waals surface area contributed by atoms with Crippen LogP contribution in [0, 0.1) is 35.5 Å². The summed E-state index contributed by atoms with van der Waals surface area (Å²) in [6.45, 7) is 13.4. The van der Waals surface area contributed by atoms with Gasteiger partial charge in [-0.2, -0.15) is 0 Å². The van der Waals surface area contributed by atoms with Crippen LogP contribution in [-0.2, 0) is 19.1 Å². The largest absolute Gasteiger partial charge is 0.459 e. The molecule has 0 saturated heterocycles. The molecular formula is C28H44O4. The lowest BCUT2D eigenvalue weighted by molar-refractivity contribution is -0.152. The Bertz CT molecular complexity index is 670. The van der Waals surface area contributed by atoms with Crippen molar-refractivity contribution in [3.05, 3.63) is 23.3 Å². The van der Waals surface area contributed by atoms with E-state index in [-0.39, 0.29) is 24.1 Å². The Kier molecular flexibility index (Phi) is 8.63. The average Bonchev–Trinajstić information content (AvgIpc) is 2.73.